The molecule has 0 fully saturated rings. The maximum absolute atomic E-state index is 11.4. The minimum Gasteiger partial charge on any atom is -0.445 e. The summed E-state index contributed by atoms with van der Waals surface area (Å²) < 4.78 is 4.59. The number of benzene rings is 1. The Morgan fingerprint density at radius 1 is 1.33 bits per heavy atom. The quantitative estimate of drug-likeness (QED) is 0.764. The third-order valence-corrected chi connectivity index (χ3v) is 1.58. The number of imide groups is 1. The fraction of sp³-hybridized carbons (Fsp3) is 0.0909. The molecule has 1 aromatic carbocycles. The van der Waals surface area contributed by atoms with Crippen LogP contribution in [-0.4, -0.2) is 18.6 Å². The Bertz CT molecular complexity index is 359. The Labute approximate surface area is 87.6 Å². The van der Waals surface area contributed by atoms with E-state index in [0.29, 0.717) is 5.56 Å². The number of ether oxygens (including phenoxy) is 1. The lowest BCUT2D eigenvalue weighted by Crippen LogP contribution is -2.30. The first-order valence-electron chi connectivity index (χ1n) is 4.38. The number of hydrogen-bond acceptors (Lipinski definition) is 3. The van der Waals surface area contributed by atoms with E-state index in [0.717, 1.165) is 0 Å². The van der Waals surface area contributed by atoms with Crippen LogP contribution in [0.1, 0.15) is 10.4 Å². The maximum atomic E-state index is 11.4. The van der Waals surface area contributed by atoms with Gasteiger partial charge >= 0.3 is 6.09 Å². The molecule has 1 N–H and O–H groups in total. The highest BCUT2D eigenvalue weighted by molar-refractivity contribution is 6.02. The lowest BCUT2D eigenvalue weighted by molar-refractivity contribution is 0.0929. The average Bonchev–Trinajstić information content (AvgIpc) is 2.27. The summed E-state index contributed by atoms with van der Waals surface area (Å²) >= 11 is 0. The first-order valence-corrected chi connectivity index (χ1v) is 4.38. The zero-order valence-corrected chi connectivity index (χ0v) is 8.10. The number of carbonyl (C=O) groups excluding carboxylic acids is 2. The van der Waals surface area contributed by atoms with Crippen molar-refractivity contribution in [1.29, 1.82) is 0 Å². The van der Waals surface area contributed by atoms with Crippen LogP contribution in [-0.2, 0) is 4.74 Å². The molecule has 0 bridgehead atoms. The van der Waals surface area contributed by atoms with Crippen LogP contribution in [0.15, 0.2) is 43.0 Å². The summed E-state index contributed by atoms with van der Waals surface area (Å²) in [5, 5.41) is 2.08. The molecule has 0 heterocycles. The van der Waals surface area contributed by atoms with Crippen molar-refractivity contribution in [3.8, 4) is 0 Å². The van der Waals surface area contributed by atoms with Crippen molar-refractivity contribution in [3.63, 3.8) is 0 Å². The Morgan fingerprint density at radius 3 is 2.60 bits per heavy atom. The number of alkyl carbamates (subject to hydrolysis) is 1. The van der Waals surface area contributed by atoms with E-state index in [4.69, 9.17) is 0 Å². The Balaban J connectivity index is 2.49. The van der Waals surface area contributed by atoms with Crippen LogP contribution < -0.4 is 5.32 Å². The molecule has 2 amide bonds. The number of carbonyl (C=O) groups is 2. The molecule has 4 heteroatoms. The van der Waals surface area contributed by atoms with Gasteiger partial charge in [0.15, 0.2) is 0 Å². The van der Waals surface area contributed by atoms with Crippen LogP contribution in [0.25, 0.3) is 0 Å². The molecule has 0 saturated heterocycles. The van der Waals surface area contributed by atoms with E-state index in [1.165, 1.54) is 6.08 Å². The highest BCUT2D eigenvalue weighted by atomic mass is 16.5. The summed E-state index contributed by atoms with van der Waals surface area (Å²) in [5.41, 5.74) is 0.410. The zero-order valence-electron chi connectivity index (χ0n) is 8.10. The summed E-state index contributed by atoms with van der Waals surface area (Å²) in [6.45, 7) is 3.46. The van der Waals surface area contributed by atoms with Crippen molar-refractivity contribution in [2.75, 3.05) is 6.61 Å². The largest absolute Gasteiger partial charge is 0.445 e. The lowest BCUT2D eigenvalue weighted by Gasteiger charge is -2.03. The summed E-state index contributed by atoms with van der Waals surface area (Å²) in [5.74, 6) is -0.482. The molecule has 1 aromatic rings. The second-order valence-electron chi connectivity index (χ2n) is 2.71. The molecule has 0 unspecified atom stereocenters. The van der Waals surface area contributed by atoms with E-state index in [1.807, 2.05) is 0 Å². The van der Waals surface area contributed by atoms with Crippen LogP contribution in [0.4, 0.5) is 4.79 Å². The second kappa shape index (κ2) is 5.59. The summed E-state index contributed by atoms with van der Waals surface area (Å²) in [6, 6.07) is 8.42. The van der Waals surface area contributed by atoms with Gasteiger partial charge in [0.05, 0.1) is 0 Å². The fourth-order valence-electron chi connectivity index (χ4n) is 0.925. The van der Waals surface area contributed by atoms with E-state index in [1.54, 1.807) is 30.3 Å². The molecule has 0 aliphatic rings. The van der Waals surface area contributed by atoms with E-state index in [-0.39, 0.29) is 6.61 Å². The van der Waals surface area contributed by atoms with E-state index >= 15 is 0 Å². The monoisotopic (exact) mass is 205 g/mol. The van der Waals surface area contributed by atoms with Gasteiger partial charge in [-0.1, -0.05) is 30.9 Å². The molecule has 0 saturated carbocycles. The molecule has 0 radical (unpaired) electrons. The highest BCUT2D eigenvalue weighted by Crippen LogP contribution is 1.97. The van der Waals surface area contributed by atoms with Gasteiger partial charge in [-0.25, -0.2) is 4.79 Å². The van der Waals surface area contributed by atoms with Gasteiger partial charge in [-0.15, -0.1) is 0 Å². The van der Waals surface area contributed by atoms with Gasteiger partial charge in [-0.2, -0.15) is 0 Å². The third kappa shape index (κ3) is 3.64. The molecule has 0 aliphatic carbocycles. The summed E-state index contributed by atoms with van der Waals surface area (Å²) in [6.07, 6.45) is 0.649. The van der Waals surface area contributed by atoms with Crippen LogP contribution in [0.5, 0.6) is 0 Å². The number of nitrogens with one attached hydrogen (secondary N) is 1. The molecule has 78 valence electrons. The summed E-state index contributed by atoms with van der Waals surface area (Å²) in [7, 11) is 0. The SMILES string of the molecule is C=CCOC(=O)NC(=O)c1ccccc1. The Kier molecular flexibility index (Phi) is 4.09. The summed E-state index contributed by atoms with van der Waals surface area (Å²) in [4.78, 5) is 22.4. The van der Waals surface area contributed by atoms with Gasteiger partial charge in [0, 0.05) is 5.56 Å². The molecule has 0 atom stereocenters. The minimum atomic E-state index is -0.774. The average molecular weight is 205 g/mol. The normalized spacial score (nSPS) is 9.07. The van der Waals surface area contributed by atoms with Crippen molar-refractivity contribution >= 4 is 12.0 Å². The van der Waals surface area contributed by atoms with Crippen molar-refractivity contribution in [3.05, 3.63) is 48.6 Å². The molecule has 0 aromatic heterocycles. The van der Waals surface area contributed by atoms with Gasteiger partial charge in [-0.05, 0) is 12.1 Å². The smallest absolute Gasteiger partial charge is 0.414 e. The predicted molar refractivity (Wildman–Crippen MR) is 55.5 cm³/mol. The highest BCUT2D eigenvalue weighted by Gasteiger charge is 2.09. The zero-order chi connectivity index (χ0) is 11.1. The Hall–Kier alpha value is -2.10. The number of amides is 2. The maximum Gasteiger partial charge on any atom is 0.414 e. The minimum absolute atomic E-state index is 0.0773. The standard InChI is InChI=1S/C11H11NO3/c1-2-8-15-11(14)12-10(13)9-6-4-3-5-7-9/h2-7H,1,8H2,(H,12,13,14). The van der Waals surface area contributed by atoms with Gasteiger partial charge in [0.25, 0.3) is 5.91 Å². The van der Waals surface area contributed by atoms with E-state index < -0.39 is 12.0 Å². The first kappa shape index (κ1) is 11.0. The van der Waals surface area contributed by atoms with Crippen LogP contribution in [0, 0.1) is 0 Å². The molecule has 0 aliphatic heterocycles. The van der Waals surface area contributed by atoms with Gasteiger partial charge in [0.1, 0.15) is 6.61 Å². The first-order chi connectivity index (χ1) is 7.24. The van der Waals surface area contributed by atoms with E-state index in [9.17, 15) is 9.59 Å². The number of hydrogen-bond donors (Lipinski definition) is 1. The fourth-order valence-corrected chi connectivity index (χ4v) is 0.925. The van der Waals surface area contributed by atoms with Gasteiger partial charge in [-0.3, -0.25) is 10.1 Å². The van der Waals surface area contributed by atoms with E-state index in [2.05, 4.69) is 16.6 Å². The van der Waals surface area contributed by atoms with Crippen LogP contribution >= 0.6 is 0 Å². The van der Waals surface area contributed by atoms with Crippen molar-refractivity contribution in [1.82, 2.24) is 5.32 Å². The van der Waals surface area contributed by atoms with Crippen molar-refractivity contribution < 1.29 is 14.3 Å². The topological polar surface area (TPSA) is 55.4 Å². The van der Waals surface area contributed by atoms with Crippen LogP contribution in [0.2, 0.25) is 0 Å². The third-order valence-electron chi connectivity index (χ3n) is 1.58. The number of rotatable bonds is 3. The molecular formula is C11H11NO3. The van der Waals surface area contributed by atoms with Gasteiger partial charge in [0.2, 0.25) is 0 Å². The molecule has 1 rings (SSSR count). The van der Waals surface area contributed by atoms with Crippen molar-refractivity contribution in [2.45, 2.75) is 0 Å². The molecule has 4 nitrogen and oxygen atoms in total. The van der Waals surface area contributed by atoms with Crippen LogP contribution in [0.3, 0.4) is 0 Å². The predicted octanol–water partition coefficient (Wildman–Crippen LogP) is 1.74. The lowest BCUT2D eigenvalue weighted by atomic mass is 10.2. The van der Waals surface area contributed by atoms with Gasteiger partial charge < -0.3 is 4.74 Å². The Morgan fingerprint density at radius 2 is 2.00 bits per heavy atom. The molecular weight excluding hydrogens is 194 g/mol. The second-order valence-corrected chi connectivity index (χ2v) is 2.71. The van der Waals surface area contributed by atoms with Crippen molar-refractivity contribution in [2.24, 2.45) is 0 Å². The molecule has 0 spiro atoms. The molecule has 15 heavy (non-hydrogen) atoms.